The quantitative estimate of drug-likeness (QED) is 0.790. The highest BCUT2D eigenvalue weighted by Crippen LogP contribution is 2.20. The summed E-state index contributed by atoms with van der Waals surface area (Å²) in [6.45, 7) is -0.159. The highest BCUT2D eigenvalue weighted by Gasteiger charge is 2.23. The van der Waals surface area contributed by atoms with Crippen LogP contribution in [0.1, 0.15) is 12.8 Å². The standard InChI is InChI=1S/C13H16N2O4/c1-18-12(16)8-19-11-4-2-3-10(7-11)15-13(17)14-9-5-6-9/h2-4,7,9H,5-6,8H2,1H3,(H2,14,15,17). The van der Waals surface area contributed by atoms with Gasteiger partial charge in [-0.3, -0.25) is 0 Å². The van der Waals surface area contributed by atoms with Crippen LogP contribution in [0.15, 0.2) is 24.3 Å². The molecule has 0 aromatic heterocycles. The van der Waals surface area contributed by atoms with Gasteiger partial charge < -0.3 is 20.1 Å². The SMILES string of the molecule is COC(=O)COc1cccc(NC(=O)NC2CC2)c1. The van der Waals surface area contributed by atoms with E-state index in [9.17, 15) is 9.59 Å². The molecule has 2 rings (SSSR count). The topological polar surface area (TPSA) is 76.7 Å². The van der Waals surface area contributed by atoms with Gasteiger partial charge in [-0.05, 0) is 25.0 Å². The van der Waals surface area contributed by atoms with E-state index >= 15 is 0 Å². The summed E-state index contributed by atoms with van der Waals surface area (Å²) in [4.78, 5) is 22.5. The number of amides is 2. The summed E-state index contributed by atoms with van der Waals surface area (Å²) in [5.41, 5.74) is 0.612. The van der Waals surface area contributed by atoms with Gasteiger partial charge >= 0.3 is 12.0 Å². The number of nitrogens with one attached hydrogen (secondary N) is 2. The summed E-state index contributed by atoms with van der Waals surface area (Å²) in [7, 11) is 1.30. The maximum absolute atomic E-state index is 11.5. The summed E-state index contributed by atoms with van der Waals surface area (Å²) >= 11 is 0. The third-order valence-corrected chi connectivity index (χ3v) is 2.59. The van der Waals surface area contributed by atoms with Gasteiger partial charge in [0.2, 0.25) is 0 Å². The highest BCUT2D eigenvalue weighted by atomic mass is 16.6. The molecule has 1 saturated carbocycles. The number of rotatable bonds is 5. The van der Waals surface area contributed by atoms with E-state index in [4.69, 9.17) is 4.74 Å². The first-order valence-electron chi connectivity index (χ1n) is 6.04. The minimum absolute atomic E-state index is 0.159. The van der Waals surface area contributed by atoms with Gasteiger partial charge in [0.05, 0.1) is 7.11 Å². The predicted octanol–water partition coefficient (Wildman–Crippen LogP) is 1.52. The molecule has 2 N–H and O–H groups in total. The second kappa shape index (κ2) is 6.08. The van der Waals surface area contributed by atoms with E-state index in [1.165, 1.54) is 7.11 Å². The zero-order valence-electron chi connectivity index (χ0n) is 10.6. The van der Waals surface area contributed by atoms with E-state index in [2.05, 4.69) is 15.4 Å². The van der Waals surface area contributed by atoms with E-state index in [1.807, 2.05) is 0 Å². The zero-order valence-corrected chi connectivity index (χ0v) is 10.6. The van der Waals surface area contributed by atoms with Gasteiger partial charge in [0.15, 0.2) is 6.61 Å². The van der Waals surface area contributed by atoms with Crippen molar-refractivity contribution in [2.45, 2.75) is 18.9 Å². The molecule has 1 fully saturated rings. The van der Waals surface area contributed by atoms with Gasteiger partial charge in [0.1, 0.15) is 5.75 Å². The van der Waals surface area contributed by atoms with Crippen molar-refractivity contribution < 1.29 is 19.1 Å². The van der Waals surface area contributed by atoms with Crippen molar-refractivity contribution >= 4 is 17.7 Å². The molecule has 1 aromatic rings. The largest absolute Gasteiger partial charge is 0.482 e. The first-order chi connectivity index (χ1) is 9.17. The van der Waals surface area contributed by atoms with Crippen LogP contribution in [-0.2, 0) is 9.53 Å². The fourth-order valence-electron chi connectivity index (χ4n) is 1.45. The summed E-state index contributed by atoms with van der Waals surface area (Å²) in [6, 6.07) is 6.91. The third-order valence-electron chi connectivity index (χ3n) is 2.59. The van der Waals surface area contributed by atoms with Crippen molar-refractivity contribution in [1.29, 1.82) is 0 Å². The molecule has 1 aliphatic carbocycles. The Labute approximate surface area is 111 Å². The lowest BCUT2D eigenvalue weighted by Gasteiger charge is -2.09. The maximum atomic E-state index is 11.5. The fraction of sp³-hybridized carbons (Fsp3) is 0.385. The third kappa shape index (κ3) is 4.50. The summed E-state index contributed by atoms with van der Waals surface area (Å²) in [5.74, 6) is 0.0412. The van der Waals surface area contributed by atoms with Crippen molar-refractivity contribution in [3.63, 3.8) is 0 Å². The van der Waals surface area contributed by atoms with Gasteiger partial charge in [0.25, 0.3) is 0 Å². The molecule has 2 amide bonds. The molecular weight excluding hydrogens is 248 g/mol. The minimum Gasteiger partial charge on any atom is -0.482 e. The molecule has 19 heavy (non-hydrogen) atoms. The van der Waals surface area contributed by atoms with Gasteiger partial charge in [-0.15, -0.1) is 0 Å². The number of methoxy groups -OCH3 is 1. The second-order valence-corrected chi connectivity index (χ2v) is 4.27. The molecule has 6 heteroatoms. The monoisotopic (exact) mass is 264 g/mol. The first kappa shape index (κ1) is 13.2. The fourth-order valence-corrected chi connectivity index (χ4v) is 1.45. The molecule has 0 bridgehead atoms. The van der Waals surface area contributed by atoms with Gasteiger partial charge in [-0.1, -0.05) is 6.07 Å². The second-order valence-electron chi connectivity index (χ2n) is 4.27. The normalized spacial score (nSPS) is 13.5. The molecule has 102 valence electrons. The molecule has 0 spiro atoms. The van der Waals surface area contributed by atoms with Crippen molar-refractivity contribution in [2.75, 3.05) is 19.0 Å². The molecule has 0 atom stereocenters. The predicted molar refractivity (Wildman–Crippen MR) is 69.1 cm³/mol. The smallest absolute Gasteiger partial charge is 0.343 e. The average Bonchev–Trinajstić information content (AvgIpc) is 3.20. The van der Waals surface area contributed by atoms with E-state index in [1.54, 1.807) is 24.3 Å². The first-order valence-corrected chi connectivity index (χ1v) is 6.04. The molecule has 0 unspecified atom stereocenters. The molecule has 6 nitrogen and oxygen atoms in total. The summed E-state index contributed by atoms with van der Waals surface area (Å²) in [6.07, 6.45) is 2.07. The molecule has 0 saturated heterocycles. The lowest BCUT2D eigenvalue weighted by molar-refractivity contribution is -0.142. The Bertz CT molecular complexity index is 471. The lowest BCUT2D eigenvalue weighted by Crippen LogP contribution is -2.30. The number of urea groups is 1. The van der Waals surface area contributed by atoms with Crippen LogP contribution >= 0.6 is 0 Å². The van der Waals surface area contributed by atoms with Crippen LogP contribution in [0, 0.1) is 0 Å². The van der Waals surface area contributed by atoms with E-state index < -0.39 is 5.97 Å². The summed E-state index contributed by atoms with van der Waals surface area (Å²) < 4.78 is 9.70. The Morgan fingerprint density at radius 2 is 2.16 bits per heavy atom. The van der Waals surface area contributed by atoms with Crippen LogP contribution in [0.2, 0.25) is 0 Å². The molecular formula is C13H16N2O4. The van der Waals surface area contributed by atoms with Crippen molar-refractivity contribution in [2.24, 2.45) is 0 Å². The molecule has 0 aliphatic heterocycles. The number of carbonyl (C=O) groups is 2. The molecule has 1 aliphatic rings. The van der Waals surface area contributed by atoms with E-state index in [0.717, 1.165) is 12.8 Å². The van der Waals surface area contributed by atoms with Gasteiger partial charge in [0, 0.05) is 17.8 Å². The van der Waals surface area contributed by atoms with Crippen molar-refractivity contribution in [1.82, 2.24) is 5.32 Å². The maximum Gasteiger partial charge on any atom is 0.343 e. The Morgan fingerprint density at radius 3 is 2.84 bits per heavy atom. The highest BCUT2D eigenvalue weighted by molar-refractivity contribution is 5.89. The van der Waals surface area contributed by atoms with Crippen molar-refractivity contribution in [3.8, 4) is 5.75 Å². The van der Waals surface area contributed by atoms with Crippen LogP contribution in [0.5, 0.6) is 5.75 Å². The molecule has 0 radical (unpaired) electrons. The molecule has 0 heterocycles. The lowest BCUT2D eigenvalue weighted by atomic mass is 10.3. The Balaban J connectivity index is 1.86. The molecule has 1 aromatic carbocycles. The zero-order chi connectivity index (χ0) is 13.7. The Kier molecular flexibility index (Phi) is 4.22. The van der Waals surface area contributed by atoms with E-state index in [-0.39, 0.29) is 12.6 Å². The van der Waals surface area contributed by atoms with E-state index in [0.29, 0.717) is 17.5 Å². The number of esters is 1. The number of carbonyl (C=O) groups excluding carboxylic acids is 2. The van der Waals surface area contributed by atoms with Crippen LogP contribution in [-0.4, -0.2) is 31.8 Å². The number of ether oxygens (including phenoxy) is 2. The Hall–Kier alpha value is -2.24. The average molecular weight is 264 g/mol. The van der Waals surface area contributed by atoms with Crippen LogP contribution in [0.4, 0.5) is 10.5 Å². The summed E-state index contributed by atoms with van der Waals surface area (Å²) in [5, 5.41) is 5.53. The number of anilines is 1. The number of benzene rings is 1. The number of hydrogen-bond donors (Lipinski definition) is 2. The van der Waals surface area contributed by atoms with Crippen molar-refractivity contribution in [3.05, 3.63) is 24.3 Å². The van der Waals surface area contributed by atoms with Crippen LogP contribution in [0.25, 0.3) is 0 Å². The minimum atomic E-state index is -0.454. The van der Waals surface area contributed by atoms with Gasteiger partial charge in [-0.25, -0.2) is 9.59 Å². The Morgan fingerprint density at radius 1 is 1.37 bits per heavy atom. The van der Waals surface area contributed by atoms with Gasteiger partial charge in [-0.2, -0.15) is 0 Å². The number of hydrogen-bond acceptors (Lipinski definition) is 4. The van der Waals surface area contributed by atoms with Crippen LogP contribution < -0.4 is 15.4 Å². The van der Waals surface area contributed by atoms with Crippen LogP contribution in [0.3, 0.4) is 0 Å².